The van der Waals surface area contributed by atoms with Crippen molar-refractivity contribution in [2.75, 3.05) is 11.1 Å². The van der Waals surface area contributed by atoms with Crippen LogP contribution in [0.25, 0.3) is 0 Å². The standard InChI is InChI=1S/C12H12Cl2N4O/c1-7(18-6-9(14)5-16-18)12(19)17-11-4-8(13)2-3-10(11)15/h2-7H,15H2,1H3,(H,17,19). The minimum Gasteiger partial charge on any atom is -0.397 e. The number of halogens is 2. The Morgan fingerprint density at radius 3 is 2.79 bits per heavy atom. The third-order valence-corrected chi connectivity index (χ3v) is 3.05. The van der Waals surface area contributed by atoms with E-state index in [1.54, 1.807) is 31.3 Å². The van der Waals surface area contributed by atoms with Crippen molar-refractivity contribution < 1.29 is 4.79 Å². The summed E-state index contributed by atoms with van der Waals surface area (Å²) >= 11 is 11.6. The van der Waals surface area contributed by atoms with Gasteiger partial charge in [0.15, 0.2) is 0 Å². The zero-order valence-electron chi connectivity index (χ0n) is 10.1. The Bertz CT molecular complexity index is 612. The molecule has 3 N–H and O–H groups in total. The first-order valence-electron chi connectivity index (χ1n) is 5.53. The molecule has 7 heteroatoms. The molecule has 0 fully saturated rings. The summed E-state index contributed by atoms with van der Waals surface area (Å²) in [6.45, 7) is 1.71. The van der Waals surface area contributed by atoms with E-state index in [0.29, 0.717) is 21.4 Å². The van der Waals surface area contributed by atoms with E-state index in [1.807, 2.05) is 0 Å². The molecule has 1 heterocycles. The largest absolute Gasteiger partial charge is 0.397 e. The SMILES string of the molecule is CC(C(=O)Nc1cc(Cl)ccc1N)n1cc(Cl)cn1. The number of nitrogens with zero attached hydrogens (tertiary/aromatic N) is 2. The van der Waals surface area contributed by atoms with Gasteiger partial charge in [0.05, 0.1) is 22.6 Å². The number of anilines is 2. The fourth-order valence-corrected chi connectivity index (χ4v) is 1.84. The van der Waals surface area contributed by atoms with Gasteiger partial charge >= 0.3 is 0 Å². The summed E-state index contributed by atoms with van der Waals surface area (Å²) in [6, 6.07) is 4.37. The van der Waals surface area contributed by atoms with Crippen LogP contribution >= 0.6 is 23.2 Å². The second-order valence-electron chi connectivity index (χ2n) is 4.04. The average molecular weight is 299 g/mol. The highest BCUT2D eigenvalue weighted by molar-refractivity contribution is 6.31. The van der Waals surface area contributed by atoms with Gasteiger partial charge in [-0.3, -0.25) is 9.48 Å². The van der Waals surface area contributed by atoms with Gasteiger partial charge in [0.25, 0.3) is 0 Å². The molecule has 0 spiro atoms. The van der Waals surface area contributed by atoms with Crippen molar-refractivity contribution in [1.82, 2.24) is 9.78 Å². The molecule has 0 aliphatic rings. The summed E-state index contributed by atoms with van der Waals surface area (Å²) < 4.78 is 1.47. The van der Waals surface area contributed by atoms with Crippen LogP contribution in [0.4, 0.5) is 11.4 Å². The fourth-order valence-electron chi connectivity index (χ4n) is 1.52. The fraction of sp³-hybridized carbons (Fsp3) is 0.167. The molecule has 1 amide bonds. The summed E-state index contributed by atoms with van der Waals surface area (Å²) in [5.74, 6) is -0.256. The third kappa shape index (κ3) is 3.19. The molecule has 19 heavy (non-hydrogen) atoms. The number of rotatable bonds is 3. The number of amides is 1. The highest BCUT2D eigenvalue weighted by Crippen LogP contribution is 2.24. The Hall–Kier alpha value is -1.72. The van der Waals surface area contributed by atoms with Gasteiger partial charge in [0.1, 0.15) is 6.04 Å². The van der Waals surface area contributed by atoms with E-state index in [4.69, 9.17) is 28.9 Å². The average Bonchev–Trinajstić information content (AvgIpc) is 2.79. The van der Waals surface area contributed by atoms with Gasteiger partial charge in [-0.1, -0.05) is 23.2 Å². The summed E-state index contributed by atoms with van der Waals surface area (Å²) in [5.41, 5.74) is 6.69. The summed E-state index contributed by atoms with van der Waals surface area (Å²) in [4.78, 5) is 12.1. The van der Waals surface area contributed by atoms with E-state index in [-0.39, 0.29) is 5.91 Å². The van der Waals surface area contributed by atoms with E-state index in [2.05, 4.69) is 10.4 Å². The molecule has 2 aromatic rings. The molecule has 0 aliphatic heterocycles. The van der Waals surface area contributed by atoms with Crippen LogP contribution < -0.4 is 11.1 Å². The summed E-state index contributed by atoms with van der Waals surface area (Å²) in [5, 5.41) is 7.66. The summed E-state index contributed by atoms with van der Waals surface area (Å²) in [6.07, 6.45) is 3.05. The van der Waals surface area contributed by atoms with Gasteiger partial charge in [-0.05, 0) is 25.1 Å². The van der Waals surface area contributed by atoms with Crippen LogP contribution in [0.2, 0.25) is 10.0 Å². The monoisotopic (exact) mass is 298 g/mol. The number of benzene rings is 1. The first kappa shape index (κ1) is 13.7. The van der Waals surface area contributed by atoms with Gasteiger partial charge in [-0.2, -0.15) is 5.10 Å². The molecule has 0 radical (unpaired) electrons. The first-order valence-corrected chi connectivity index (χ1v) is 6.28. The Labute approximate surface area is 120 Å². The molecule has 1 aromatic carbocycles. The van der Waals surface area contributed by atoms with Crippen LogP contribution in [0.1, 0.15) is 13.0 Å². The highest BCUT2D eigenvalue weighted by Gasteiger charge is 2.17. The lowest BCUT2D eigenvalue weighted by Gasteiger charge is -2.14. The van der Waals surface area contributed by atoms with Crippen molar-refractivity contribution in [3.05, 3.63) is 40.6 Å². The Morgan fingerprint density at radius 2 is 2.16 bits per heavy atom. The van der Waals surface area contributed by atoms with E-state index in [1.165, 1.54) is 10.9 Å². The van der Waals surface area contributed by atoms with Gasteiger partial charge in [0.2, 0.25) is 5.91 Å². The lowest BCUT2D eigenvalue weighted by molar-refractivity contribution is -0.119. The summed E-state index contributed by atoms with van der Waals surface area (Å²) in [7, 11) is 0. The maximum absolute atomic E-state index is 12.1. The topological polar surface area (TPSA) is 72.9 Å². The van der Waals surface area contributed by atoms with E-state index in [0.717, 1.165) is 0 Å². The molecule has 5 nitrogen and oxygen atoms in total. The molecule has 0 aliphatic carbocycles. The normalized spacial score (nSPS) is 12.2. The van der Waals surface area contributed by atoms with Crippen LogP contribution in [0.15, 0.2) is 30.6 Å². The number of nitrogen functional groups attached to an aromatic ring is 1. The lowest BCUT2D eigenvalue weighted by atomic mass is 10.2. The van der Waals surface area contributed by atoms with Crippen molar-refractivity contribution in [3.8, 4) is 0 Å². The number of nitrogens with one attached hydrogen (secondary N) is 1. The van der Waals surface area contributed by atoms with Crippen molar-refractivity contribution in [1.29, 1.82) is 0 Å². The van der Waals surface area contributed by atoms with Crippen molar-refractivity contribution >= 4 is 40.5 Å². The molecule has 100 valence electrons. The van der Waals surface area contributed by atoms with Crippen LogP contribution in [0.3, 0.4) is 0 Å². The van der Waals surface area contributed by atoms with Crippen molar-refractivity contribution in [3.63, 3.8) is 0 Å². The number of carbonyl (C=O) groups excluding carboxylic acids is 1. The quantitative estimate of drug-likeness (QED) is 0.856. The maximum Gasteiger partial charge on any atom is 0.249 e. The van der Waals surface area contributed by atoms with Crippen molar-refractivity contribution in [2.45, 2.75) is 13.0 Å². The van der Waals surface area contributed by atoms with Gasteiger partial charge in [0, 0.05) is 11.2 Å². The molecule has 1 aromatic heterocycles. The molecule has 1 atom stereocenters. The van der Waals surface area contributed by atoms with E-state index in [9.17, 15) is 4.79 Å². The molecular formula is C12H12Cl2N4O. The van der Waals surface area contributed by atoms with Gasteiger partial charge in [-0.25, -0.2) is 0 Å². The predicted molar refractivity (Wildman–Crippen MR) is 76.4 cm³/mol. The number of aromatic nitrogens is 2. The van der Waals surface area contributed by atoms with E-state index < -0.39 is 6.04 Å². The Morgan fingerprint density at radius 1 is 1.42 bits per heavy atom. The maximum atomic E-state index is 12.1. The molecular weight excluding hydrogens is 287 g/mol. The third-order valence-electron chi connectivity index (χ3n) is 2.62. The van der Waals surface area contributed by atoms with Gasteiger partial charge in [-0.15, -0.1) is 0 Å². The molecule has 1 unspecified atom stereocenters. The zero-order chi connectivity index (χ0) is 14.0. The predicted octanol–water partition coefficient (Wildman–Crippen LogP) is 2.97. The van der Waals surface area contributed by atoms with Crippen LogP contribution in [-0.4, -0.2) is 15.7 Å². The highest BCUT2D eigenvalue weighted by atomic mass is 35.5. The van der Waals surface area contributed by atoms with Crippen LogP contribution in [0.5, 0.6) is 0 Å². The van der Waals surface area contributed by atoms with Crippen LogP contribution in [0, 0.1) is 0 Å². The molecule has 0 saturated heterocycles. The second-order valence-corrected chi connectivity index (χ2v) is 4.91. The number of nitrogens with two attached hydrogens (primary N) is 1. The Kier molecular flexibility index (Phi) is 3.97. The number of carbonyl (C=O) groups is 1. The van der Waals surface area contributed by atoms with E-state index >= 15 is 0 Å². The number of hydrogen-bond donors (Lipinski definition) is 2. The first-order chi connectivity index (χ1) is 8.97. The Balaban J connectivity index is 2.14. The zero-order valence-corrected chi connectivity index (χ0v) is 11.6. The number of hydrogen-bond acceptors (Lipinski definition) is 3. The van der Waals surface area contributed by atoms with Crippen molar-refractivity contribution in [2.24, 2.45) is 0 Å². The second kappa shape index (κ2) is 5.50. The lowest BCUT2D eigenvalue weighted by Crippen LogP contribution is -2.24. The molecule has 2 rings (SSSR count). The minimum atomic E-state index is -0.508. The smallest absolute Gasteiger partial charge is 0.249 e. The van der Waals surface area contributed by atoms with Gasteiger partial charge < -0.3 is 11.1 Å². The minimum absolute atomic E-state index is 0.256. The molecule has 0 bridgehead atoms. The van der Waals surface area contributed by atoms with Crippen LogP contribution in [-0.2, 0) is 4.79 Å². The molecule has 0 saturated carbocycles.